The third kappa shape index (κ3) is 1.85. The molecule has 0 fully saturated rings. The maximum atomic E-state index is 5.65. The van der Waals surface area contributed by atoms with Gasteiger partial charge in [-0.15, -0.1) is 11.3 Å². The fourth-order valence-corrected chi connectivity index (χ4v) is 2.71. The molecular weight excluding hydrogens is 252 g/mol. The average molecular weight is 262 g/mol. The van der Waals surface area contributed by atoms with Crippen molar-refractivity contribution in [1.29, 1.82) is 0 Å². The SMILES string of the molecule is NC(=S)c1cccn1Cc1cn2ccsc2n1. The highest BCUT2D eigenvalue weighted by Crippen LogP contribution is 2.13. The number of nitrogens with zero attached hydrogens (tertiary/aromatic N) is 3. The van der Waals surface area contributed by atoms with Crippen LogP contribution in [0, 0.1) is 0 Å². The summed E-state index contributed by atoms with van der Waals surface area (Å²) in [6.07, 6.45) is 5.98. The van der Waals surface area contributed by atoms with Crippen LogP contribution in [0.4, 0.5) is 0 Å². The Hall–Kier alpha value is -1.66. The van der Waals surface area contributed by atoms with Crippen LogP contribution in [0.5, 0.6) is 0 Å². The fourth-order valence-electron chi connectivity index (χ4n) is 1.80. The third-order valence-electron chi connectivity index (χ3n) is 2.56. The van der Waals surface area contributed by atoms with E-state index in [0.717, 1.165) is 16.3 Å². The smallest absolute Gasteiger partial charge is 0.193 e. The molecule has 0 radical (unpaired) electrons. The molecule has 2 N–H and O–H groups in total. The van der Waals surface area contributed by atoms with E-state index in [0.29, 0.717) is 11.5 Å². The van der Waals surface area contributed by atoms with Gasteiger partial charge in [-0.05, 0) is 12.1 Å². The molecular formula is C11H10N4S2. The summed E-state index contributed by atoms with van der Waals surface area (Å²) in [5.74, 6) is 0. The zero-order valence-electron chi connectivity index (χ0n) is 8.91. The summed E-state index contributed by atoms with van der Waals surface area (Å²) >= 11 is 6.62. The summed E-state index contributed by atoms with van der Waals surface area (Å²) in [7, 11) is 0. The van der Waals surface area contributed by atoms with Gasteiger partial charge in [-0.2, -0.15) is 0 Å². The Bertz CT molecular complexity index is 648. The number of nitrogens with two attached hydrogens (primary N) is 1. The van der Waals surface area contributed by atoms with Crippen molar-refractivity contribution in [3.63, 3.8) is 0 Å². The van der Waals surface area contributed by atoms with Crippen LogP contribution in [0.15, 0.2) is 36.1 Å². The number of hydrogen-bond acceptors (Lipinski definition) is 3. The van der Waals surface area contributed by atoms with Crippen LogP contribution >= 0.6 is 23.6 Å². The number of thiazole rings is 1. The quantitative estimate of drug-likeness (QED) is 0.733. The maximum Gasteiger partial charge on any atom is 0.193 e. The van der Waals surface area contributed by atoms with Crippen molar-refractivity contribution in [2.75, 3.05) is 0 Å². The van der Waals surface area contributed by atoms with E-state index in [-0.39, 0.29) is 0 Å². The molecule has 3 aromatic rings. The van der Waals surface area contributed by atoms with Gasteiger partial charge < -0.3 is 10.3 Å². The predicted octanol–water partition coefficient (Wildman–Crippen LogP) is 1.88. The van der Waals surface area contributed by atoms with Crippen LogP contribution in [0.2, 0.25) is 0 Å². The number of thiocarbonyl (C=S) groups is 1. The molecule has 0 aliphatic heterocycles. The van der Waals surface area contributed by atoms with Gasteiger partial charge in [0.25, 0.3) is 0 Å². The lowest BCUT2D eigenvalue weighted by molar-refractivity contribution is 0.780. The van der Waals surface area contributed by atoms with Crippen molar-refractivity contribution in [1.82, 2.24) is 14.0 Å². The summed E-state index contributed by atoms with van der Waals surface area (Å²) in [4.78, 5) is 5.94. The van der Waals surface area contributed by atoms with Crippen molar-refractivity contribution < 1.29 is 0 Å². The first-order valence-electron chi connectivity index (χ1n) is 5.10. The second-order valence-corrected chi connectivity index (χ2v) is 5.02. The van der Waals surface area contributed by atoms with Crippen molar-refractivity contribution in [2.45, 2.75) is 6.54 Å². The van der Waals surface area contributed by atoms with Crippen LogP contribution in [-0.2, 0) is 6.54 Å². The predicted molar refractivity (Wildman–Crippen MR) is 72.5 cm³/mol. The van der Waals surface area contributed by atoms with E-state index in [9.17, 15) is 0 Å². The van der Waals surface area contributed by atoms with Crippen molar-refractivity contribution in [3.8, 4) is 0 Å². The molecule has 0 spiro atoms. The highest BCUT2D eigenvalue weighted by molar-refractivity contribution is 7.80. The highest BCUT2D eigenvalue weighted by atomic mass is 32.1. The minimum Gasteiger partial charge on any atom is -0.388 e. The number of rotatable bonds is 3. The number of imidazole rings is 1. The molecule has 17 heavy (non-hydrogen) atoms. The lowest BCUT2D eigenvalue weighted by atomic mass is 10.4. The Morgan fingerprint density at radius 3 is 3.12 bits per heavy atom. The van der Waals surface area contributed by atoms with Gasteiger partial charge in [-0.25, -0.2) is 4.98 Å². The van der Waals surface area contributed by atoms with E-state index in [1.807, 2.05) is 45.1 Å². The first kappa shape index (κ1) is 10.5. The molecule has 86 valence electrons. The standard InChI is InChI=1S/C11H10N4S2/c12-10(16)9-2-1-3-14(9)6-8-7-15-4-5-17-11(15)13-8/h1-5,7H,6H2,(H2,12,16). The minimum absolute atomic E-state index is 0.413. The van der Waals surface area contributed by atoms with Crippen LogP contribution in [0.3, 0.4) is 0 Å². The number of fused-ring (bicyclic) bond motifs is 1. The molecule has 3 heterocycles. The molecule has 3 aromatic heterocycles. The monoisotopic (exact) mass is 262 g/mol. The topological polar surface area (TPSA) is 48.2 Å². The molecule has 0 aliphatic rings. The van der Waals surface area contributed by atoms with E-state index < -0.39 is 0 Å². The normalized spacial score (nSPS) is 11.1. The van der Waals surface area contributed by atoms with Gasteiger partial charge in [0.2, 0.25) is 0 Å². The van der Waals surface area contributed by atoms with Crippen molar-refractivity contribution in [2.24, 2.45) is 5.73 Å². The van der Waals surface area contributed by atoms with Gasteiger partial charge in [0.1, 0.15) is 4.99 Å². The molecule has 6 heteroatoms. The van der Waals surface area contributed by atoms with E-state index in [4.69, 9.17) is 18.0 Å². The summed E-state index contributed by atoms with van der Waals surface area (Å²) in [5.41, 5.74) is 7.53. The minimum atomic E-state index is 0.413. The first-order valence-corrected chi connectivity index (χ1v) is 6.39. The maximum absolute atomic E-state index is 5.65. The summed E-state index contributed by atoms with van der Waals surface area (Å²) in [6.45, 7) is 0.689. The molecule has 4 nitrogen and oxygen atoms in total. The van der Waals surface area contributed by atoms with Gasteiger partial charge in [0, 0.05) is 24.0 Å². The van der Waals surface area contributed by atoms with E-state index >= 15 is 0 Å². The zero-order chi connectivity index (χ0) is 11.8. The third-order valence-corrected chi connectivity index (χ3v) is 3.54. The van der Waals surface area contributed by atoms with Gasteiger partial charge in [0.15, 0.2) is 4.96 Å². The van der Waals surface area contributed by atoms with Gasteiger partial charge >= 0.3 is 0 Å². The molecule has 0 saturated heterocycles. The Labute approximate surface area is 107 Å². The second-order valence-electron chi connectivity index (χ2n) is 3.71. The van der Waals surface area contributed by atoms with Crippen molar-refractivity contribution in [3.05, 3.63) is 47.5 Å². The Kier molecular flexibility index (Phi) is 2.45. The molecule has 3 rings (SSSR count). The molecule has 0 saturated carbocycles. The molecule has 0 aromatic carbocycles. The Balaban J connectivity index is 1.94. The van der Waals surface area contributed by atoms with Crippen LogP contribution in [-0.4, -0.2) is 18.9 Å². The lowest BCUT2D eigenvalue weighted by Crippen LogP contribution is -2.15. The Morgan fingerprint density at radius 2 is 2.35 bits per heavy atom. The summed E-state index contributed by atoms with van der Waals surface area (Å²) < 4.78 is 4.03. The zero-order valence-corrected chi connectivity index (χ0v) is 10.5. The first-order chi connectivity index (χ1) is 8.24. The molecule has 0 atom stereocenters. The number of aromatic nitrogens is 3. The largest absolute Gasteiger partial charge is 0.388 e. The van der Waals surface area contributed by atoms with Gasteiger partial charge in [-0.3, -0.25) is 4.40 Å². The van der Waals surface area contributed by atoms with Crippen LogP contribution in [0.25, 0.3) is 4.96 Å². The average Bonchev–Trinajstić information content (AvgIpc) is 2.91. The van der Waals surface area contributed by atoms with Gasteiger partial charge in [0.05, 0.1) is 17.9 Å². The van der Waals surface area contributed by atoms with Gasteiger partial charge in [-0.1, -0.05) is 12.2 Å². The second kappa shape index (κ2) is 3.97. The Morgan fingerprint density at radius 1 is 1.47 bits per heavy atom. The molecule has 0 amide bonds. The highest BCUT2D eigenvalue weighted by Gasteiger charge is 2.07. The van der Waals surface area contributed by atoms with E-state index in [2.05, 4.69) is 4.98 Å². The summed E-state index contributed by atoms with van der Waals surface area (Å²) in [6, 6.07) is 3.85. The summed E-state index contributed by atoms with van der Waals surface area (Å²) in [5, 5.41) is 2.02. The molecule has 0 aliphatic carbocycles. The molecule has 0 bridgehead atoms. The van der Waals surface area contributed by atoms with Crippen molar-refractivity contribution >= 4 is 33.5 Å². The lowest BCUT2D eigenvalue weighted by Gasteiger charge is -2.05. The van der Waals surface area contributed by atoms with E-state index in [1.165, 1.54) is 0 Å². The van der Waals surface area contributed by atoms with Crippen LogP contribution in [0.1, 0.15) is 11.4 Å². The van der Waals surface area contributed by atoms with E-state index in [1.54, 1.807) is 11.3 Å². The number of hydrogen-bond donors (Lipinski definition) is 1. The fraction of sp³-hybridized carbons (Fsp3) is 0.0909. The van der Waals surface area contributed by atoms with Crippen LogP contribution < -0.4 is 5.73 Å². The molecule has 0 unspecified atom stereocenters.